The Labute approximate surface area is 154 Å². The van der Waals surface area contributed by atoms with Gasteiger partial charge in [0.15, 0.2) is 0 Å². The Balaban J connectivity index is 2.50. The Morgan fingerprint density at radius 3 is 1.35 bits per heavy atom. The molecule has 0 heterocycles. The summed E-state index contributed by atoms with van der Waals surface area (Å²) in [6, 6.07) is 12.1. The Morgan fingerprint density at radius 1 is 0.654 bits per heavy atom. The summed E-state index contributed by atoms with van der Waals surface area (Å²) in [5, 5.41) is 5.37. The number of benzene rings is 2. The minimum atomic E-state index is 0.522. The average molecular weight is 348 g/mol. The van der Waals surface area contributed by atoms with E-state index in [4.69, 9.17) is 0 Å². The minimum absolute atomic E-state index is 0.522. The zero-order valence-corrected chi connectivity index (χ0v) is 15.6. The van der Waals surface area contributed by atoms with Crippen molar-refractivity contribution in [1.82, 2.24) is 10.6 Å². The summed E-state index contributed by atoms with van der Waals surface area (Å²) in [4.78, 5) is 22.2. The fourth-order valence-electron chi connectivity index (χ4n) is 2.56. The zero-order valence-electron chi connectivity index (χ0n) is 15.6. The lowest BCUT2D eigenvalue weighted by Gasteiger charge is -2.12. The predicted octanol–water partition coefficient (Wildman–Crippen LogP) is 3.79. The van der Waals surface area contributed by atoms with Gasteiger partial charge in [-0.25, -0.2) is 0 Å². The van der Waals surface area contributed by atoms with Crippen molar-refractivity contribution in [2.45, 2.75) is 27.7 Å². The molecular weight excluding hydrogens is 324 g/mol. The van der Waals surface area contributed by atoms with Crippen LogP contribution < -0.4 is 10.6 Å². The van der Waals surface area contributed by atoms with Crippen molar-refractivity contribution < 1.29 is 9.59 Å². The largest absolute Gasteiger partial charge is 0.327 e. The van der Waals surface area contributed by atoms with E-state index in [1.54, 1.807) is 0 Å². The Bertz CT molecular complexity index is 806. The molecule has 0 aliphatic rings. The van der Waals surface area contributed by atoms with Gasteiger partial charge < -0.3 is 10.6 Å². The van der Waals surface area contributed by atoms with E-state index in [0.29, 0.717) is 24.2 Å². The first-order valence-electron chi connectivity index (χ1n) is 8.43. The van der Waals surface area contributed by atoms with Crippen LogP contribution in [0, 0.1) is 27.7 Å². The van der Waals surface area contributed by atoms with Crippen LogP contribution in [0.5, 0.6) is 0 Å². The highest BCUT2D eigenvalue weighted by molar-refractivity contribution is 5.72. The first-order valence-corrected chi connectivity index (χ1v) is 8.43. The Kier molecular flexibility index (Phi) is 6.50. The molecule has 0 aliphatic carbocycles. The zero-order chi connectivity index (χ0) is 19.1. The maximum Gasteiger partial charge on any atom is 0.211 e. The number of amides is 2. The monoisotopic (exact) mass is 348 g/mol. The van der Waals surface area contributed by atoms with Crippen LogP contribution in [-0.4, -0.2) is 12.8 Å². The SMILES string of the molecule is Cc1ccc(/C=C(NC=O)/C(=C/c2ccc(C)c(C)c2)NC=O)cc1C. The molecule has 2 rings (SSSR count). The van der Waals surface area contributed by atoms with Gasteiger partial charge in [-0.3, -0.25) is 9.59 Å². The molecule has 4 heteroatoms. The summed E-state index contributed by atoms with van der Waals surface area (Å²) in [7, 11) is 0. The molecule has 4 nitrogen and oxygen atoms in total. The number of carbonyl (C=O) groups is 2. The number of aryl methyl sites for hydroxylation is 4. The van der Waals surface area contributed by atoms with Crippen LogP contribution in [0.25, 0.3) is 12.2 Å². The molecule has 2 aromatic carbocycles. The summed E-state index contributed by atoms with van der Waals surface area (Å²) in [5.74, 6) is 0. The standard InChI is InChI=1S/C22H24N2O2/c1-15-5-7-19(9-17(15)3)11-21(23-13-25)22(24-14-26)12-20-8-6-16(2)18(4)10-20/h5-14H,1-4H3,(H,23,25)(H,24,26)/b21-11-,22-12-. The lowest BCUT2D eigenvalue weighted by atomic mass is 10.0. The molecule has 0 saturated carbocycles. The Morgan fingerprint density at radius 2 is 1.04 bits per heavy atom. The average Bonchev–Trinajstić information content (AvgIpc) is 2.60. The summed E-state index contributed by atoms with van der Waals surface area (Å²) < 4.78 is 0. The highest BCUT2D eigenvalue weighted by Crippen LogP contribution is 2.18. The van der Waals surface area contributed by atoms with Crippen molar-refractivity contribution in [2.24, 2.45) is 0 Å². The number of carbonyl (C=O) groups excluding carboxylic acids is 2. The van der Waals surface area contributed by atoms with Crippen molar-refractivity contribution in [1.29, 1.82) is 0 Å². The molecule has 0 fully saturated rings. The van der Waals surface area contributed by atoms with Crippen LogP contribution in [0.2, 0.25) is 0 Å². The van der Waals surface area contributed by atoms with E-state index in [-0.39, 0.29) is 0 Å². The molecule has 2 aromatic rings. The van der Waals surface area contributed by atoms with E-state index in [1.807, 2.05) is 76.2 Å². The van der Waals surface area contributed by atoms with Gasteiger partial charge in [0.05, 0.1) is 11.4 Å². The van der Waals surface area contributed by atoms with Crippen LogP contribution in [0.4, 0.5) is 0 Å². The van der Waals surface area contributed by atoms with Gasteiger partial charge >= 0.3 is 0 Å². The molecule has 2 amide bonds. The van der Waals surface area contributed by atoms with Gasteiger partial charge in [-0.15, -0.1) is 0 Å². The molecule has 0 radical (unpaired) electrons. The molecule has 134 valence electrons. The molecule has 26 heavy (non-hydrogen) atoms. The first-order chi connectivity index (χ1) is 12.4. The quantitative estimate of drug-likeness (QED) is 0.591. The molecule has 0 bridgehead atoms. The van der Waals surface area contributed by atoms with Crippen LogP contribution in [0.15, 0.2) is 47.8 Å². The number of hydrogen-bond acceptors (Lipinski definition) is 2. The lowest BCUT2D eigenvalue weighted by Crippen LogP contribution is -2.21. The molecular formula is C22H24N2O2. The molecule has 2 N–H and O–H groups in total. The summed E-state index contributed by atoms with van der Waals surface area (Å²) in [6.07, 6.45) is 4.88. The van der Waals surface area contributed by atoms with Gasteiger partial charge in [0.25, 0.3) is 0 Å². The van der Waals surface area contributed by atoms with Crippen molar-refractivity contribution >= 4 is 25.0 Å². The Hall–Kier alpha value is -3.14. The van der Waals surface area contributed by atoms with Crippen molar-refractivity contribution in [3.05, 3.63) is 81.2 Å². The second kappa shape index (κ2) is 8.81. The topological polar surface area (TPSA) is 58.2 Å². The van der Waals surface area contributed by atoms with E-state index in [9.17, 15) is 9.59 Å². The summed E-state index contributed by atoms with van der Waals surface area (Å²) >= 11 is 0. The molecule has 0 saturated heterocycles. The minimum Gasteiger partial charge on any atom is -0.327 e. The second-order valence-corrected chi connectivity index (χ2v) is 6.33. The summed E-state index contributed by atoms with van der Waals surface area (Å²) in [5.41, 5.74) is 7.64. The molecule has 0 spiro atoms. The van der Waals surface area contributed by atoms with E-state index in [1.165, 1.54) is 11.1 Å². The molecule has 0 atom stereocenters. The van der Waals surface area contributed by atoms with E-state index in [0.717, 1.165) is 22.3 Å². The van der Waals surface area contributed by atoms with Gasteiger partial charge in [-0.2, -0.15) is 0 Å². The molecule has 0 aromatic heterocycles. The van der Waals surface area contributed by atoms with Gasteiger partial charge in [-0.1, -0.05) is 36.4 Å². The van der Waals surface area contributed by atoms with E-state index >= 15 is 0 Å². The highest BCUT2D eigenvalue weighted by atomic mass is 16.1. The third kappa shape index (κ3) is 4.93. The van der Waals surface area contributed by atoms with Crippen molar-refractivity contribution in [3.8, 4) is 0 Å². The smallest absolute Gasteiger partial charge is 0.211 e. The van der Waals surface area contributed by atoms with Crippen molar-refractivity contribution in [2.75, 3.05) is 0 Å². The highest BCUT2D eigenvalue weighted by Gasteiger charge is 2.06. The maximum absolute atomic E-state index is 11.1. The second-order valence-electron chi connectivity index (χ2n) is 6.33. The first kappa shape index (κ1) is 19.2. The van der Waals surface area contributed by atoms with Crippen molar-refractivity contribution in [3.63, 3.8) is 0 Å². The van der Waals surface area contributed by atoms with Crippen LogP contribution >= 0.6 is 0 Å². The van der Waals surface area contributed by atoms with Gasteiger partial charge in [0.2, 0.25) is 12.8 Å². The van der Waals surface area contributed by atoms with E-state index in [2.05, 4.69) is 10.6 Å². The van der Waals surface area contributed by atoms with E-state index < -0.39 is 0 Å². The lowest BCUT2D eigenvalue weighted by molar-refractivity contribution is -0.110. The maximum atomic E-state index is 11.1. The normalized spacial score (nSPS) is 11.8. The third-order valence-electron chi connectivity index (χ3n) is 4.40. The van der Waals surface area contributed by atoms with Gasteiger partial charge in [-0.05, 0) is 73.2 Å². The summed E-state index contributed by atoms with van der Waals surface area (Å²) in [6.45, 7) is 8.17. The van der Waals surface area contributed by atoms with Gasteiger partial charge in [0, 0.05) is 0 Å². The van der Waals surface area contributed by atoms with Crippen LogP contribution in [0.3, 0.4) is 0 Å². The van der Waals surface area contributed by atoms with Crippen LogP contribution in [-0.2, 0) is 9.59 Å². The van der Waals surface area contributed by atoms with Gasteiger partial charge in [0.1, 0.15) is 0 Å². The number of nitrogens with one attached hydrogen (secondary N) is 2. The number of hydrogen-bond donors (Lipinski definition) is 2. The van der Waals surface area contributed by atoms with Crippen LogP contribution in [0.1, 0.15) is 33.4 Å². The number of rotatable bonds is 7. The molecule has 0 aliphatic heterocycles. The fourth-order valence-corrected chi connectivity index (χ4v) is 2.56. The third-order valence-corrected chi connectivity index (χ3v) is 4.40. The predicted molar refractivity (Wildman–Crippen MR) is 106 cm³/mol. The molecule has 0 unspecified atom stereocenters. The fraction of sp³-hybridized carbons (Fsp3) is 0.182.